The summed E-state index contributed by atoms with van der Waals surface area (Å²) in [6.07, 6.45) is 32.2. The molecule has 36 heavy (non-hydrogen) atoms. The van der Waals surface area contributed by atoms with Crippen molar-refractivity contribution in [1.82, 2.24) is 0 Å². The molecule has 0 aliphatic carbocycles. The fourth-order valence-corrected chi connectivity index (χ4v) is 4.65. The van der Waals surface area contributed by atoms with E-state index < -0.39 is 12.1 Å². The molecule has 0 rings (SSSR count). The molecule has 0 fully saturated rings. The lowest BCUT2D eigenvalue weighted by molar-refractivity contribution is -0.153. The van der Waals surface area contributed by atoms with Crippen LogP contribution < -0.4 is 0 Å². The van der Waals surface area contributed by atoms with Gasteiger partial charge >= 0.3 is 11.9 Å². The van der Waals surface area contributed by atoms with Crippen LogP contribution in [-0.4, -0.2) is 23.1 Å². The van der Waals surface area contributed by atoms with Crippen molar-refractivity contribution in [1.29, 1.82) is 0 Å². The molecule has 0 aromatic carbocycles. The van der Waals surface area contributed by atoms with Crippen LogP contribution in [0.3, 0.4) is 0 Å². The summed E-state index contributed by atoms with van der Waals surface area (Å²) < 4.78 is 5.53. The zero-order chi connectivity index (χ0) is 26.5. The minimum Gasteiger partial charge on any atom is -0.481 e. The molecule has 0 heterocycles. The van der Waals surface area contributed by atoms with Crippen molar-refractivity contribution in [2.45, 2.75) is 180 Å². The molecule has 0 spiro atoms. The largest absolute Gasteiger partial charge is 0.481 e. The smallest absolute Gasteiger partial charge is 0.307 e. The topological polar surface area (TPSA) is 63.6 Å². The van der Waals surface area contributed by atoms with Gasteiger partial charge in [-0.1, -0.05) is 135 Å². The van der Waals surface area contributed by atoms with Crippen LogP contribution in [0.1, 0.15) is 174 Å². The summed E-state index contributed by atoms with van der Waals surface area (Å²) in [5, 5.41) is 9.18. The Morgan fingerprint density at radius 2 is 1.06 bits per heavy atom. The lowest BCUT2D eigenvalue weighted by Crippen LogP contribution is -2.21. The number of carboxylic acid groups (broad SMARTS) is 1. The minimum atomic E-state index is -0.882. The number of esters is 1. The Morgan fingerprint density at radius 3 is 1.58 bits per heavy atom. The van der Waals surface area contributed by atoms with Crippen LogP contribution in [0.15, 0.2) is 12.2 Å². The molecule has 4 heteroatoms. The second-order valence-corrected chi connectivity index (χ2v) is 10.7. The van der Waals surface area contributed by atoms with Gasteiger partial charge in [0, 0.05) is 6.42 Å². The van der Waals surface area contributed by atoms with E-state index in [1.807, 2.05) is 0 Å². The summed E-state index contributed by atoms with van der Waals surface area (Å²) in [7, 11) is 0. The molecule has 1 atom stereocenters. The number of carbonyl (C=O) groups excluding carboxylic acids is 1. The van der Waals surface area contributed by atoms with Crippen molar-refractivity contribution in [3.8, 4) is 0 Å². The third-order valence-corrected chi connectivity index (χ3v) is 6.97. The fraction of sp³-hybridized carbons (Fsp3) is 0.875. The Hall–Kier alpha value is -1.32. The molecule has 0 aliphatic rings. The van der Waals surface area contributed by atoms with Crippen LogP contribution in [0.5, 0.6) is 0 Å². The Balaban J connectivity index is 3.71. The highest BCUT2D eigenvalue weighted by atomic mass is 16.5. The van der Waals surface area contributed by atoms with E-state index in [1.54, 1.807) is 0 Å². The first-order chi connectivity index (χ1) is 17.6. The minimum absolute atomic E-state index is 0.0728. The van der Waals surface area contributed by atoms with Gasteiger partial charge < -0.3 is 9.84 Å². The molecule has 0 radical (unpaired) electrons. The van der Waals surface area contributed by atoms with E-state index in [0.29, 0.717) is 12.8 Å². The van der Waals surface area contributed by atoms with Crippen LogP contribution in [0, 0.1) is 0 Å². The lowest BCUT2D eigenvalue weighted by Gasteiger charge is -2.16. The Bertz CT molecular complexity index is 514. The normalized spacial score (nSPS) is 12.3. The summed E-state index contributed by atoms with van der Waals surface area (Å²) in [5.41, 5.74) is 0. The first-order valence-electron chi connectivity index (χ1n) is 15.7. The first-order valence-corrected chi connectivity index (χ1v) is 15.7. The van der Waals surface area contributed by atoms with Crippen molar-refractivity contribution in [2.24, 2.45) is 0 Å². The number of carbonyl (C=O) groups is 2. The van der Waals surface area contributed by atoms with Crippen LogP contribution >= 0.6 is 0 Å². The summed E-state index contributed by atoms with van der Waals surface area (Å²) in [6, 6.07) is 0. The van der Waals surface area contributed by atoms with Gasteiger partial charge in [0.15, 0.2) is 0 Å². The third kappa shape index (κ3) is 27.3. The van der Waals surface area contributed by atoms with Crippen LogP contribution in [0.2, 0.25) is 0 Å². The first kappa shape index (κ1) is 34.7. The van der Waals surface area contributed by atoms with Crippen molar-refractivity contribution in [3.05, 3.63) is 12.2 Å². The summed E-state index contributed by atoms with van der Waals surface area (Å²) in [6.45, 7) is 4.48. The molecular formula is C32H60O4. The van der Waals surface area contributed by atoms with E-state index in [9.17, 15) is 14.7 Å². The molecule has 0 aromatic heterocycles. The van der Waals surface area contributed by atoms with E-state index in [1.165, 1.54) is 109 Å². The van der Waals surface area contributed by atoms with E-state index >= 15 is 0 Å². The Labute approximate surface area is 224 Å². The average molecular weight is 509 g/mol. The number of aliphatic carboxylic acids is 1. The average Bonchev–Trinajstić information content (AvgIpc) is 2.85. The zero-order valence-electron chi connectivity index (χ0n) is 24.1. The highest BCUT2D eigenvalue weighted by Gasteiger charge is 2.17. The van der Waals surface area contributed by atoms with Crippen LogP contribution in [-0.2, 0) is 14.3 Å². The molecule has 0 amide bonds. The lowest BCUT2D eigenvalue weighted by atomic mass is 10.0. The number of ether oxygens (including phenoxy) is 1. The number of allylic oxidation sites excluding steroid dienone is 2. The van der Waals surface area contributed by atoms with Crippen molar-refractivity contribution in [3.63, 3.8) is 0 Å². The second-order valence-electron chi connectivity index (χ2n) is 10.7. The second kappa shape index (κ2) is 28.3. The van der Waals surface area contributed by atoms with Crippen molar-refractivity contribution < 1.29 is 19.4 Å². The van der Waals surface area contributed by atoms with Gasteiger partial charge in [-0.15, -0.1) is 0 Å². The van der Waals surface area contributed by atoms with Gasteiger partial charge in [-0.05, 0) is 38.5 Å². The maximum Gasteiger partial charge on any atom is 0.307 e. The van der Waals surface area contributed by atoms with Gasteiger partial charge in [0.1, 0.15) is 6.10 Å². The standard InChI is InChI=1S/C32H60O4/c1-3-5-7-9-11-13-15-17-19-21-23-25-27-30(29-31(33)34)36-32(35)28-26-24-22-20-18-16-14-12-10-8-6-4-2/h10,12,30H,3-9,11,13-29H2,1-2H3,(H,33,34)/b12-10-. The molecule has 0 bridgehead atoms. The molecule has 0 saturated carbocycles. The SMILES string of the molecule is CCCC/C=C\CCCCCCCCC(=O)OC(CCCCCCCCCCCCCC)CC(=O)O. The highest BCUT2D eigenvalue weighted by molar-refractivity contribution is 5.71. The van der Waals surface area contributed by atoms with Gasteiger partial charge in [0.05, 0.1) is 6.42 Å². The van der Waals surface area contributed by atoms with Crippen LogP contribution in [0.25, 0.3) is 0 Å². The molecule has 4 nitrogen and oxygen atoms in total. The molecule has 1 N–H and O–H groups in total. The summed E-state index contributed by atoms with van der Waals surface area (Å²) in [4.78, 5) is 23.4. The summed E-state index contributed by atoms with van der Waals surface area (Å²) >= 11 is 0. The van der Waals surface area contributed by atoms with Crippen molar-refractivity contribution in [2.75, 3.05) is 0 Å². The predicted octanol–water partition coefficient (Wildman–Crippen LogP) is 10.3. The quantitative estimate of drug-likeness (QED) is 0.0648. The zero-order valence-corrected chi connectivity index (χ0v) is 24.1. The Kier molecular flexibility index (Phi) is 27.2. The summed E-state index contributed by atoms with van der Waals surface area (Å²) in [5.74, 6) is -1.11. The maximum atomic E-state index is 12.2. The molecular weight excluding hydrogens is 448 g/mol. The number of hydrogen-bond acceptors (Lipinski definition) is 3. The number of unbranched alkanes of at least 4 members (excludes halogenated alkanes) is 19. The van der Waals surface area contributed by atoms with Gasteiger partial charge in [0.2, 0.25) is 0 Å². The Morgan fingerprint density at radius 1 is 0.611 bits per heavy atom. The molecule has 212 valence electrons. The van der Waals surface area contributed by atoms with Gasteiger partial charge in [-0.2, -0.15) is 0 Å². The predicted molar refractivity (Wildman–Crippen MR) is 153 cm³/mol. The monoisotopic (exact) mass is 508 g/mol. The van der Waals surface area contributed by atoms with E-state index in [4.69, 9.17) is 4.74 Å². The molecule has 1 unspecified atom stereocenters. The number of rotatable bonds is 28. The van der Waals surface area contributed by atoms with Gasteiger partial charge in [-0.3, -0.25) is 9.59 Å². The molecule has 0 aliphatic heterocycles. The van der Waals surface area contributed by atoms with Gasteiger partial charge in [0.25, 0.3) is 0 Å². The fourth-order valence-electron chi connectivity index (χ4n) is 4.65. The third-order valence-electron chi connectivity index (χ3n) is 6.97. The van der Waals surface area contributed by atoms with E-state index in [-0.39, 0.29) is 12.4 Å². The van der Waals surface area contributed by atoms with Gasteiger partial charge in [-0.25, -0.2) is 0 Å². The maximum absolute atomic E-state index is 12.2. The molecule has 0 aromatic rings. The number of carboxylic acids is 1. The number of hydrogen-bond donors (Lipinski definition) is 1. The van der Waals surface area contributed by atoms with E-state index in [0.717, 1.165) is 32.1 Å². The van der Waals surface area contributed by atoms with Crippen LogP contribution in [0.4, 0.5) is 0 Å². The van der Waals surface area contributed by atoms with E-state index in [2.05, 4.69) is 26.0 Å². The highest BCUT2D eigenvalue weighted by Crippen LogP contribution is 2.16. The van der Waals surface area contributed by atoms with Crippen molar-refractivity contribution >= 4 is 11.9 Å². The molecule has 0 saturated heterocycles.